The van der Waals surface area contributed by atoms with Crippen LogP contribution in [-0.4, -0.2) is 24.3 Å². The predicted molar refractivity (Wildman–Crippen MR) is 96.6 cm³/mol. The van der Waals surface area contributed by atoms with E-state index in [1.807, 2.05) is 54.6 Å². The van der Waals surface area contributed by atoms with Crippen LogP contribution in [0.25, 0.3) is 11.3 Å². The maximum atomic E-state index is 12.4. The lowest BCUT2D eigenvalue weighted by atomic mass is 10.1. The lowest BCUT2D eigenvalue weighted by molar-refractivity contribution is 0.0449. The summed E-state index contributed by atoms with van der Waals surface area (Å²) >= 11 is 3.38. The third kappa shape index (κ3) is 4.28. The SMILES string of the molecule is Cc1onc(-c2ccccc2)c1C(=O)OCCOc1cccc(Br)c1. The largest absolute Gasteiger partial charge is 0.490 e. The summed E-state index contributed by atoms with van der Waals surface area (Å²) in [5, 5.41) is 3.98. The van der Waals surface area contributed by atoms with Crippen LogP contribution in [0.15, 0.2) is 63.6 Å². The number of hydrogen-bond donors (Lipinski definition) is 0. The van der Waals surface area contributed by atoms with Gasteiger partial charge in [-0.3, -0.25) is 0 Å². The third-order valence-corrected chi connectivity index (χ3v) is 3.99. The van der Waals surface area contributed by atoms with Gasteiger partial charge in [0.15, 0.2) is 0 Å². The smallest absolute Gasteiger partial charge is 0.344 e. The van der Waals surface area contributed by atoms with Gasteiger partial charge in [-0.05, 0) is 25.1 Å². The van der Waals surface area contributed by atoms with E-state index >= 15 is 0 Å². The highest BCUT2D eigenvalue weighted by molar-refractivity contribution is 9.10. The van der Waals surface area contributed by atoms with Gasteiger partial charge in [0.05, 0.1) is 0 Å². The average Bonchev–Trinajstić information content (AvgIpc) is 3.01. The van der Waals surface area contributed by atoms with Gasteiger partial charge in [0.25, 0.3) is 0 Å². The maximum Gasteiger partial charge on any atom is 0.344 e. The molecule has 0 spiro atoms. The van der Waals surface area contributed by atoms with Crippen molar-refractivity contribution >= 4 is 21.9 Å². The molecule has 0 amide bonds. The summed E-state index contributed by atoms with van der Waals surface area (Å²) in [5.41, 5.74) is 1.63. The predicted octanol–water partition coefficient (Wildman–Crippen LogP) is 4.65. The first kappa shape index (κ1) is 17.2. The molecule has 0 radical (unpaired) electrons. The Morgan fingerprint density at radius 2 is 1.92 bits per heavy atom. The zero-order valence-corrected chi connectivity index (χ0v) is 15.2. The molecule has 3 aromatic rings. The Morgan fingerprint density at radius 3 is 2.68 bits per heavy atom. The first-order chi connectivity index (χ1) is 12.1. The molecule has 0 fully saturated rings. The number of hydrogen-bond acceptors (Lipinski definition) is 5. The Balaban J connectivity index is 1.61. The molecule has 0 N–H and O–H groups in total. The molecule has 1 aromatic heterocycles. The van der Waals surface area contributed by atoms with E-state index in [0.717, 1.165) is 10.0 Å². The van der Waals surface area contributed by atoms with Gasteiger partial charge in [0, 0.05) is 10.0 Å². The molecule has 0 aliphatic carbocycles. The second-order valence-electron chi connectivity index (χ2n) is 5.27. The van der Waals surface area contributed by atoms with Gasteiger partial charge in [0.2, 0.25) is 0 Å². The molecular weight excluding hydrogens is 386 g/mol. The summed E-state index contributed by atoms with van der Waals surface area (Å²) in [5.74, 6) is 0.656. The quantitative estimate of drug-likeness (QED) is 0.444. The second kappa shape index (κ2) is 7.98. The van der Waals surface area contributed by atoms with E-state index in [9.17, 15) is 4.79 Å². The fourth-order valence-electron chi connectivity index (χ4n) is 2.33. The summed E-state index contributed by atoms with van der Waals surface area (Å²) in [6, 6.07) is 16.8. The molecule has 0 bridgehead atoms. The van der Waals surface area contributed by atoms with Crippen LogP contribution in [0, 0.1) is 6.92 Å². The number of halogens is 1. The summed E-state index contributed by atoms with van der Waals surface area (Å²) in [4.78, 5) is 12.4. The molecule has 0 saturated heterocycles. The Labute approximate surface area is 153 Å². The van der Waals surface area contributed by atoms with Crippen LogP contribution in [-0.2, 0) is 4.74 Å². The van der Waals surface area contributed by atoms with E-state index in [4.69, 9.17) is 14.0 Å². The number of carbonyl (C=O) groups is 1. The summed E-state index contributed by atoms with van der Waals surface area (Å²) in [6.07, 6.45) is 0. The molecule has 128 valence electrons. The van der Waals surface area contributed by atoms with Gasteiger partial charge in [-0.2, -0.15) is 0 Å². The van der Waals surface area contributed by atoms with E-state index in [1.54, 1.807) is 6.92 Å². The molecular formula is C19H16BrNO4. The number of esters is 1. The lowest BCUT2D eigenvalue weighted by Gasteiger charge is -2.08. The topological polar surface area (TPSA) is 61.6 Å². The van der Waals surface area contributed by atoms with Crippen molar-refractivity contribution in [3.8, 4) is 17.0 Å². The molecule has 0 aliphatic rings. The number of benzene rings is 2. The van der Waals surface area contributed by atoms with Crippen molar-refractivity contribution in [2.24, 2.45) is 0 Å². The first-order valence-corrected chi connectivity index (χ1v) is 8.51. The first-order valence-electron chi connectivity index (χ1n) is 7.72. The van der Waals surface area contributed by atoms with Gasteiger partial charge in [-0.1, -0.05) is 57.5 Å². The number of rotatable bonds is 6. The molecule has 0 saturated carbocycles. The average molecular weight is 402 g/mol. The van der Waals surface area contributed by atoms with Crippen LogP contribution in [0.3, 0.4) is 0 Å². The van der Waals surface area contributed by atoms with Crippen molar-refractivity contribution in [3.63, 3.8) is 0 Å². The van der Waals surface area contributed by atoms with E-state index in [-0.39, 0.29) is 13.2 Å². The van der Waals surface area contributed by atoms with Gasteiger partial charge >= 0.3 is 5.97 Å². The zero-order valence-electron chi connectivity index (χ0n) is 13.6. The highest BCUT2D eigenvalue weighted by Gasteiger charge is 2.22. The van der Waals surface area contributed by atoms with Crippen molar-refractivity contribution in [3.05, 3.63) is 70.4 Å². The van der Waals surface area contributed by atoms with Gasteiger partial charge in [0.1, 0.15) is 36.0 Å². The summed E-state index contributed by atoms with van der Waals surface area (Å²) < 4.78 is 17.0. The monoisotopic (exact) mass is 401 g/mol. The van der Waals surface area contributed by atoms with Crippen molar-refractivity contribution in [1.29, 1.82) is 0 Å². The van der Waals surface area contributed by atoms with Gasteiger partial charge in [-0.15, -0.1) is 0 Å². The van der Waals surface area contributed by atoms with Crippen LogP contribution in [0.4, 0.5) is 0 Å². The Hall–Kier alpha value is -2.60. The maximum absolute atomic E-state index is 12.4. The van der Waals surface area contributed by atoms with Gasteiger partial charge in [-0.25, -0.2) is 4.79 Å². The Morgan fingerprint density at radius 1 is 1.12 bits per heavy atom. The lowest BCUT2D eigenvalue weighted by Crippen LogP contribution is -2.13. The van der Waals surface area contributed by atoms with Crippen LogP contribution >= 0.6 is 15.9 Å². The molecule has 5 nitrogen and oxygen atoms in total. The molecule has 1 heterocycles. The van der Waals surface area contributed by atoms with Crippen molar-refractivity contribution < 1.29 is 18.8 Å². The zero-order chi connectivity index (χ0) is 17.6. The number of aromatic nitrogens is 1. The fourth-order valence-corrected chi connectivity index (χ4v) is 2.71. The Bertz CT molecular complexity index is 861. The molecule has 0 unspecified atom stereocenters. The van der Waals surface area contributed by atoms with Gasteiger partial charge < -0.3 is 14.0 Å². The van der Waals surface area contributed by atoms with E-state index in [2.05, 4.69) is 21.1 Å². The van der Waals surface area contributed by atoms with Crippen molar-refractivity contribution in [2.45, 2.75) is 6.92 Å². The summed E-state index contributed by atoms with van der Waals surface area (Å²) in [7, 11) is 0. The molecule has 25 heavy (non-hydrogen) atoms. The number of aryl methyl sites for hydroxylation is 1. The Kier molecular flexibility index (Phi) is 5.50. The van der Waals surface area contributed by atoms with Crippen molar-refractivity contribution in [1.82, 2.24) is 5.16 Å². The third-order valence-electron chi connectivity index (χ3n) is 3.50. The molecule has 0 aliphatic heterocycles. The van der Waals surface area contributed by atoms with Crippen LogP contribution in [0.2, 0.25) is 0 Å². The normalized spacial score (nSPS) is 10.5. The standard InChI is InChI=1S/C19H16BrNO4/c1-13-17(18(21-25-13)14-6-3-2-4-7-14)19(22)24-11-10-23-16-9-5-8-15(20)12-16/h2-9,12H,10-11H2,1H3. The van der Waals surface area contributed by atoms with E-state index < -0.39 is 5.97 Å². The number of nitrogens with zero attached hydrogens (tertiary/aromatic N) is 1. The van der Waals surface area contributed by atoms with Crippen LogP contribution in [0.1, 0.15) is 16.1 Å². The second-order valence-corrected chi connectivity index (χ2v) is 6.19. The fraction of sp³-hybridized carbons (Fsp3) is 0.158. The highest BCUT2D eigenvalue weighted by atomic mass is 79.9. The van der Waals surface area contributed by atoms with Crippen molar-refractivity contribution in [2.75, 3.05) is 13.2 Å². The van der Waals surface area contributed by atoms with Crippen LogP contribution < -0.4 is 4.74 Å². The minimum absolute atomic E-state index is 0.129. The van der Waals surface area contributed by atoms with Crippen LogP contribution in [0.5, 0.6) is 5.75 Å². The molecule has 6 heteroatoms. The number of carbonyl (C=O) groups excluding carboxylic acids is 1. The minimum Gasteiger partial charge on any atom is -0.490 e. The summed E-state index contributed by atoms with van der Waals surface area (Å²) in [6.45, 7) is 2.07. The molecule has 3 rings (SSSR count). The molecule has 0 atom stereocenters. The number of ether oxygens (including phenoxy) is 2. The van der Waals surface area contributed by atoms with E-state index in [0.29, 0.717) is 22.8 Å². The van der Waals surface area contributed by atoms with E-state index in [1.165, 1.54) is 0 Å². The molecule has 2 aromatic carbocycles. The highest BCUT2D eigenvalue weighted by Crippen LogP contribution is 2.25. The minimum atomic E-state index is -0.476.